The minimum atomic E-state index is -0.505. The van der Waals surface area contributed by atoms with E-state index in [9.17, 15) is 9.59 Å². The van der Waals surface area contributed by atoms with Crippen LogP contribution in [-0.2, 0) is 16.1 Å². The van der Waals surface area contributed by atoms with Gasteiger partial charge in [-0.1, -0.05) is 38.1 Å². The molecule has 0 aliphatic heterocycles. The van der Waals surface area contributed by atoms with Crippen molar-refractivity contribution in [3.8, 4) is 5.75 Å². The van der Waals surface area contributed by atoms with E-state index < -0.39 is 5.97 Å². The van der Waals surface area contributed by atoms with Crippen molar-refractivity contribution in [2.45, 2.75) is 26.3 Å². The minimum absolute atomic E-state index is 0.305. The van der Waals surface area contributed by atoms with Gasteiger partial charge in [-0.15, -0.1) is 0 Å². The lowest BCUT2D eigenvalue weighted by atomic mass is 10.0. The van der Waals surface area contributed by atoms with Crippen LogP contribution in [0, 0.1) is 0 Å². The van der Waals surface area contributed by atoms with Gasteiger partial charge in [0.05, 0.1) is 12.7 Å². The Balaban J connectivity index is 1.77. The highest BCUT2D eigenvalue weighted by molar-refractivity contribution is 5.91. The summed E-state index contributed by atoms with van der Waals surface area (Å²) in [5.41, 5.74) is 2.52. The monoisotopic (exact) mass is 341 g/mol. The van der Waals surface area contributed by atoms with Gasteiger partial charge in [-0.3, -0.25) is 4.79 Å². The van der Waals surface area contributed by atoms with Crippen molar-refractivity contribution in [2.75, 3.05) is 13.7 Å². The highest BCUT2D eigenvalue weighted by Gasteiger charge is 2.10. The molecule has 0 radical (unpaired) electrons. The number of benzene rings is 2. The number of hydrogen-bond acceptors (Lipinski definition) is 4. The second-order valence-corrected chi connectivity index (χ2v) is 5.98. The quantitative estimate of drug-likeness (QED) is 0.785. The topological polar surface area (TPSA) is 64.6 Å². The lowest BCUT2D eigenvalue weighted by Gasteiger charge is -2.08. The molecule has 132 valence electrons. The Morgan fingerprint density at radius 3 is 2.20 bits per heavy atom. The van der Waals surface area contributed by atoms with Crippen LogP contribution in [0.15, 0.2) is 48.5 Å². The number of carbonyl (C=O) groups is 2. The van der Waals surface area contributed by atoms with E-state index >= 15 is 0 Å². The van der Waals surface area contributed by atoms with Crippen LogP contribution in [0.3, 0.4) is 0 Å². The fourth-order valence-corrected chi connectivity index (χ4v) is 2.21. The second-order valence-electron chi connectivity index (χ2n) is 5.98. The number of rotatable bonds is 7. The molecule has 0 spiro atoms. The summed E-state index contributed by atoms with van der Waals surface area (Å²) in [6.07, 6.45) is 0. The van der Waals surface area contributed by atoms with Crippen LogP contribution in [0.1, 0.15) is 41.3 Å². The summed E-state index contributed by atoms with van der Waals surface area (Å²) in [6, 6.07) is 14.6. The van der Waals surface area contributed by atoms with Crippen LogP contribution < -0.4 is 10.1 Å². The largest absolute Gasteiger partial charge is 0.497 e. The maximum absolute atomic E-state index is 12.0. The third kappa shape index (κ3) is 5.64. The number of carbonyl (C=O) groups excluding carboxylic acids is 2. The average Bonchev–Trinajstić information content (AvgIpc) is 2.64. The molecule has 0 saturated carbocycles. The zero-order valence-electron chi connectivity index (χ0n) is 14.7. The van der Waals surface area contributed by atoms with E-state index in [1.165, 1.54) is 0 Å². The smallest absolute Gasteiger partial charge is 0.338 e. The lowest BCUT2D eigenvalue weighted by molar-refractivity contribution is -0.124. The molecular weight excluding hydrogens is 318 g/mol. The van der Waals surface area contributed by atoms with Crippen molar-refractivity contribution < 1.29 is 19.1 Å². The van der Waals surface area contributed by atoms with E-state index in [0.29, 0.717) is 18.0 Å². The van der Waals surface area contributed by atoms with E-state index in [1.54, 1.807) is 19.2 Å². The maximum Gasteiger partial charge on any atom is 0.338 e. The molecular formula is C20H23NO4. The van der Waals surface area contributed by atoms with Crippen molar-refractivity contribution >= 4 is 11.9 Å². The van der Waals surface area contributed by atoms with Crippen molar-refractivity contribution in [1.29, 1.82) is 0 Å². The molecule has 5 heteroatoms. The number of nitrogens with one attached hydrogen (secondary N) is 1. The van der Waals surface area contributed by atoms with Crippen molar-refractivity contribution in [3.05, 3.63) is 65.2 Å². The zero-order chi connectivity index (χ0) is 18.2. The Morgan fingerprint density at radius 2 is 1.64 bits per heavy atom. The highest BCUT2D eigenvalue weighted by atomic mass is 16.5. The normalized spacial score (nSPS) is 10.4. The maximum atomic E-state index is 12.0. The van der Waals surface area contributed by atoms with E-state index in [4.69, 9.17) is 9.47 Å². The summed E-state index contributed by atoms with van der Waals surface area (Å²) >= 11 is 0. The molecule has 0 saturated heterocycles. The van der Waals surface area contributed by atoms with Gasteiger partial charge in [0.25, 0.3) is 5.91 Å². The van der Waals surface area contributed by atoms with E-state index in [0.717, 1.165) is 16.9 Å². The van der Waals surface area contributed by atoms with Gasteiger partial charge < -0.3 is 14.8 Å². The molecule has 0 unspecified atom stereocenters. The van der Waals surface area contributed by atoms with Gasteiger partial charge in [-0.2, -0.15) is 0 Å². The molecule has 5 nitrogen and oxygen atoms in total. The lowest BCUT2D eigenvalue weighted by Crippen LogP contribution is -2.28. The molecule has 1 amide bonds. The Bertz CT molecular complexity index is 705. The van der Waals surface area contributed by atoms with Gasteiger partial charge in [-0.05, 0) is 41.3 Å². The highest BCUT2D eigenvalue weighted by Crippen LogP contribution is 2.15. The molecule has 2 aromatic carbocycles. The van der Waals surface area contributed by atoms with Crippen LogP contribution in [0.25, 0.3) is 0 Å². The summed E-state index contributed by atoms with van der Waals surface area (Å²) in [5.74, 6) is 0.305. The van der Waals surface area contributed by atoms with Crippen LogP contribution in [0.4, 0.5) is 0 Å². The fourth-order valence-electron chi connectivity index (χ4n) is 2.21. The standard InChI is InChI=1S/C20H23NO4/c1-14(2)16-6-8-17(9-7-16)20(23)25-13-19(22)21-12-15-4-10-18(24-3)11-5-15/h4-11,14H,12-13H2,1-3H3,(H,21,22). The number of ether oxygens (including phenoxy) is 2. The molecule has 0 atom stereocenters. The molecule has 2 aromatic rings. The second kappa shape index (κ2) is 8.87. The van der Waals surface area contributed by atoms with Gasteiger partial charge in [-0.25, -0.2) is 4.79 Å². The molecule has 1 N–H and O–H groups in total. The van der Waals surface area contributed by atoms with E-state index in [-0.39, 0.29) is 12.5 Å². The summed E-state index contributed by atoms with van der Waals surface area (Å²) in [4.78, 5) is 23.8. The molecule has 0 fully saturated rings. The fraction of sp³-hybridized carbons (Fsp3) is 0.300. The number of amides is 1. The first-order valence-electron chi connectivity index (χ1n) is 8.16. The van der Waals surface area contributed by atoms with Gasteiger partial charge in [0, 0.05) is 6.54 Å². The number of esters is 1. The van der Waals surface area contributed by atoms with Gasteiger partial charge in [0.1, 0.15) is 5.75 Å². The average molecular weight is 341 g/mol. The molecule has 0 aliphatic carbocycles. The SMILES string of the molecule is COc1ccc(CNC(=O)COC(=O)c2ccc(C(C)C)cc2)cc1. The van der Waals surface area contributed by atoms with Crippen LogP contribution in [0.5, 0.6) is 5.75 Å². The van der Waals surface area contributed by atoms with Gasteiger partial charge >= 0.3 is 5.97 Å². The summed E-state index contributed by atoms with van der Waals surface area (Å²) in [5, 5.41) is 2.71. The molecule has 0 aromatic heterocycles. The zero-order valence-corrected chi connectivity index (χ0v) is 14.7. The van der Waals surface area contributed by atoms with Crippen LogP contribution >= 0.6 is 0 Å². The summed E-state index contributed by atoms with van der Waals surface area (Å²) in [6.45, 7) is 4.23. The first kappa shape index (κ1) is 18.5. The van der Waals surface area contributed by atoms with Crippen molar-refractivity contribution in [3.63, 3.8) is 0 Å². The minimum Gasteiger partial charge on any atom is -0.497 e. The van der Waals surface area contributed by atoms with Crippen LogP contribution in [-0.4, -0.2) is 25.6 Å². The predicted octanol–water partition coefficient (Wildman–Crippen LogP) is 3.29. The summed E-state index contributed by atoms with van der Waals surface area (Å²) < 4.78 is 10.1. The van der Waals surface area contributed by atoms with Gasteiger partial charge in [0.15, 0.2) is 6.61 Å². The first-order chi connectivity index (χ1) is 12.0. The number of hydrogen-bond donors (Lipinski definition) is 1. The predicted molar refractivity (Wildman–Crippen MR) is 95.7 cm³/mol. The Morgan fingerprint density at radius 1 is 1.00 bits per heavy atom. The third-order valence-electron chi connectivity index (χ3n) is 3.80. The van der Waals surface area contributed by atoms with Crippen molar-refractivity contribution in [2.24, 2.45) is 0 Å². The number of methoxy groups -OCH3 is 1. The molecule has 0 bridgehead atoms. The summed E-state index contributed by atoms with van der Waals surface area (Å²) in [7, 11) is 1.60. The first-order valence-corrected chi connectivity index (χ1v) is 8.16. The Kier molecular flexibility index (Phi) is 6.57. The molecule has 0 aliphatic rings. The van der Waals surface area contributed by atoms with Crippen LogP contribution in [0.2, 0.25) is 0 Å². The van der Waals surface area contributed by atoms with E-state index in [1.807, 2.05) is 36.4 Å². The third-order valence-corrected chi connectivity index (χ3v) is 3.80. The van der Waals surface area contributed by atoms with Gasteiger partial charge in [0.2, 0.25) is 0 Å². The van der Waals surface area contributed by atoms with Crippen molar-refractivity contribution in [1.82, 2.24) is 5.32 Å². The Hall–Kier alpha value is -2.82. The Labute approximate surface area is 148 Å². The molecule has 25 heavy (non-hydrogen) atoms. The molecule has 2 rings (SSSR count). The van der Waals surface area contributed by atoms with E-state index in [2.05, 4.69) is 19.2 Å². The molecule has 0 heterocycles.